The number of thiazole rings is 1. The van der Waals surface area contributed by atoms with Crippen molar-refractivity contribution in [2.24, 2.45) is 0 Å². The number of aryl methyl sites for hydroxylation is 1. The number of rotatable bonds is 4. The van der Waals surface area contributed by atoms with E-state index in [0.29, 0.717) is 0 Å². The molecule has 4 nitrogen and oxygen atoms in total. The molecule has 1 amide bonds. The molecular formula is C13H21N3OS. The molecule has 100 valence electrons. The van der Waals surface area contributed by atoms with Crippen LogP contribution in [-0.4, -0.2) is 34.9 Å². The molecule has 2 rings (SSSR count). The van der Waals surface area contributed by atoms with Crippen molar-refractivity contribution in [2.45, 2.75) is 45.7 Å². The van der Waals surface area contributed by atoms with Crippen LogP contribution in [0.15, 0.2) is 6.20 Å². The van der Waals surface area contributed by atoms with Gasteiger partial charge < -0.3 is 10.2 Å². The highest BCUT2D eigenvalue weighted by Crippen LogP contribution is 2.12. The third-order valence-corrected chi connectivity index (χ3v) is 4.20. The first kappa shape index (κ1) is 13.5. The Morgan fingerprint density at radius 1 is 1.50 bits per heavy atom. The highest BCUT2D eigenvalue weighted by molar-refractivity contribution is 7.11. The molecule has 2 heterocycles. The van der Waals surface area contributed by atoms with Crippen LogP contribution in [0.4, 0.5) is 0 Å². The molecule has 1 unspecified atom stereocenters. The Balaban J connectivity index is 1.79. The summed E-state index contributed by atoms with van der Waals surface area (Å²) in [6.45, 7) is 6.52. The molecular weight excluding hydrogens is 246 g/mol. The summed E-state index contributed by atoms with van der Waals surface area (Å²) < 4.78 is 0. The Morgan fingerprint density at radius 2 is 2.22 bits per heavy atom. The molecule has 1 N–H and O–H groups in total. The van der Waals surface area contributed by atoms with Gasteiger partial charge in [-0.05, 0) is 33.1 Å². The largest absolute Gasteiger partial charge is 0.341 e. The van der Waals surface area contributed by atoms with Crippen molar-refractivity contribution >= 4 is 17.2 Å². The van der Waals surface area contributed by atoms with Crippen molar-refractivity contribution in [1.29, 1.82) is 0 Å². The summed E-state index contributed by atoms with van der Waals surface area (Å²) >= 11 is 1.68. The van der Waals surface area contributed by atoms with Gasteiger partial charge in [0.1, 0.15) is 0 Å². The standard InChI is InChI=1S/C13H21N3OS/c1-10(13(17)16-6-4-3-5-7-16)14-8-12-9-15-11(2)18-12/h9-10,14H,3-8H2,1-2H3. The third-order valence-electron chi connectivity index (χ3n) is 3.29. The summed E-state index contributed by atoms with van der Waals surface area (Å²) in [5.41, 5.74) is 0. The maximum Gasteiger partial charge on any atom is 0.239 e. The summed E-state index contributed by atoms with van der Waals surface area (Å²) in [6.07, 6.45) is 5.43. The predicted molar refractivity (Wildman–Crippen MR) is 73.6 cm³/mol. The van der Waals surface area contributed by atoms with Crippen LogP contribution in [0.25, 0.3) is 0 Å². The second-order valence-electron chi connectivity index (χ2n) is 4.83. The summed E-state index contributed by atoms with van der Waals surface area (Å²) in [6, 6.07) is -0.106. The topological polar surface area (TPSA) is 45.2 Å². The van der Waals surface area contributed by atoms with Crippen LogP contribution < -0.4 is 5.32 Å². The number of hydrogen-bond acceptors (Lipinski definition) is 4. The van der Waals surface area contributed by atoms with E-state index in [-0.39, 0.29) is 11.9 Å². The van der Waals surface area contributed by atoms with E-state index in [4.69, 9.17) is 0 Å². The molecule has 0 saturated carbocycles. The fourth-order valence-electron chi connectivity index (χ4n) is 2.22. The van der Waals surface area contributed by atoms with Crippen molar-refractivity contribution in [2.75, 3.05) is 13.1 Å². The Bertz CT molecular complexity index is 399. The van der Waals surface area contributed by atoms with E-state index in [0.717, 1.165) is 37.5 Å². The van der Waals surface area contributed by atoms with Crippen LogP contribution in [0.5, 0.6) is 0 Å². The molecule has 5 heteroatoms. The lowest BCUT2D eigenvalue weighted by atomic mass is 10.1. The zero-order valence-electron chi connectivity index (χ0n) is 11.1. The maximum absolute atomic E-state index is 12.2. The second-order valence-corrected chi connectivity index (χ2v) is 6.15. The third kappa shape index (κ3) is 3.53. The van der Waals surface area contributed by atoms with Gasteiger partial charge in [0, 0.05) is 30.7 Å². The first-order valence-corrected chi connectivity index (χ1v) is 7.42. The van der Waals surface area contributed by atoms with Gasteiger partial charge in [0.25, 0.3) is 0 Å². The minimum Gasteiger partial charge on any atom is -0.341 e. The van der Waals surface area contributed by atoms with Crippen molar-refractivity contribution in [3.05, 3.63) is 16.1 Å². The van der Waals surface area contributed by atoms with Gasteiger partial charge in [-0.2, -0.15) is 0 Å². The van der Waals surface area contributed by atoms with E-state index in [9.17, 15) is 4.79 Å². The van der Waals surface area contributed by atoms with Crippen molar-refractivity contribution < 1.29 is 4.79 Å². The van der Waals surface area contributed by atoms with E-state index in [1.807, 2.05) is 24.9 Å². The van der Waals surface area contributed by atoms with E-state index in [1.165, 1.54) is 11.3 Å². The molecule has 1 aliphatic rings. The number of amides is 1. The Hall–Kier alpha value is -0.940. The number of hydrogen-bond donors (Lipinski definition) is 1. The van der Waals surface area contributed by atoms with E-state index < -0.39 is 0 Å². The molecule has 0 aromatic carbocycles. The van der Waals surface area contributed by atoms with Crippen LogP contribution in [0.3, 0.4) is 0 Å². The Morgan fingerprint density at radius 3 is 2.83 bits per heavy atom. The van der Waals surface area contributed by atoms with Gasteiger partial charge in [-0.25, -0.2) is 4.98 Å². The second kappa shape index (κ2) is 6.29. The molecule has 1 atom stereocenters. The summed E-state index contributed by atoms with van der Waals surface area (Å²) in [4.78, 5) is 19.6. The van der Waals surface area contributed by atoms with Crippen molar-refractivity contribution in [1.82, 2.24) is 15.2 Å². The van der Waals surface area contributed by atoms with Gasteiger partial charge in [-0.3, -0.25) is 4.79 Å². The number of nitrogens with one attached hydrogen (secondary N) is 1. The lowest BCUT2D eigenvalue weighted by Gasteiger charge is -2.29. The normalized spacial score (nSPS) is 17.8. The molecule has 18 heavy (non-hydrogen) atoms. The zero-order valence-corrected chi connectivity index (χ0v) is 11.9. The molecule has 0 radical (unpaired) electrons. The van der Waals surface area contributed by atoms with Crippen LogP contribution in [0.1, 0.15) is 36.1 Å². The zero-order chi connectivity index (χ0) is 13.0. The monoisotopic (exact) mass is 267 g/mol. The first-order valence-electron chi connectivity index (χ1n) is 6.60. The molecule has 1 aliphatic heterocycles. The molecule has 1 aromatic rings. The number of nitrogens with zero attached hydrogens (tertiary/aromatic N) is 2. The van der Waals surface area contributed by atoms with E-state index in [1.54, 1.807) is 11.3 Å². The van der Waals surface area contributed by atoms with Gasteiger partial charge in [0.2, 0.25) is 5.91 Å². The maximum atomic E-state index is 12.2. The van der Waals surface area contributed by atoms with Gasteiger partial charge in [0.15, 0.2) is 0 Å². The summed E-state index contributed by atoms with van der Waals surface area (Å²) in [7, 11) is 0. The molecule has 1 aromatic heterocycles. The SMILES string of the molecule is Cc1ncc(CNC(C)C(=O)N2CCCCC2)s1. The quantitative estimate of drug-likeness (QED) is 0.907. The minimum absolute atomic E-state index is 0.106. The smallest absolute Gasteiger partial charge is 0.239 e. The highest BCUT2D eigenvalue weighted by Gasteiger charge is 2.21. The average molecular weight is 267 g/mol. The predicted octanol–water partition coefficient (Wildman–Crippen LogP) is 1.94. The Kier molecular flexibility index (Phi) is 4.72. The molecule has 1 saturated heterocycles. The number of likely N-dealkylation sites (tertiary alicyclic amines) is 1. The van der Waals surface area contributed by atoms with E-state index in [2.05, 4.69) is 10.3 Å². The number of carbonyl (C=O) groups excluding carboxylic acids is 1. The van der Waals surface area contributed by atoms with Crippen LogP contribution >= 0.6 is 11.3 Å². The fraction of sp³-hybridized carbons (Fsp3) is 0.692. The summed E-state index contributed by atoms with van der Waals surface area (Å²) in [5.74, 6) is 0.232. The summed E-state index contributed by atoms with van der Waals surface area (Å²) in [5, 5.41) is 4.36. The number of carbonyl (C=O) groups is 1. The van der Waals surface area contributed by atoms with Crippen LogP contribution in [0.2, 0.25) is 0 Å². The fourth-order valence-corrected chi connectivity index (χ4v) is 2.96. The lowest BCUT2D eigenvalue weighted by Crippen LogP contribution is -2.46. The minimum atomic E-state index is -0.106. The Labute approximate surface area is 112 Å². The molecule has 0 aliphatic carbocycles. The van der Waals surface area contributed by atoms with Crippen molar-refractivity contribution in [3.63, 3.8) is 0 Å². The average Bonchev–Trinajstić information content (AvgIpc) is 2.82. The molecule has 0 bridgehead atoms. The van der Waals surface area contributed by atoms with Gasteiger partial charge >= 0.3 is 0 Å². The lowest BCUT2D eigenvalue weighted by molar-refractivity contribution is -0.133. The van der Waals surface area contributed by atoms with Crippen LogP contribution in [0, 0.1) is 6.92 Å². The van der Waals surface area contributed by atoms with Gasteiger partial charge in [0.05, 0.1) is 11.0 Å². The molecule has 1 fully saturated rings. The van der Waals surface area contributed by atoms with Gasteiger partial charge in [-0.15, -0.1) is 11.3 Å². The van der Waals surface area contributed by atoms with Crippen LogP contribution in [-0.2, 0) is 11.3 Å². The number of piperidine rings is 1. The van der Waals surface area contributed by atoms with E-state index >= 15 is 0 Å². The molecule has 0 spiro atoms. The number of aromatic nitrogens is 1. The highest BCUT2D eigenvalue weighted by atomic mass is 32.1. The first-order chi connectivity index (χ1) is 8.66. The van der Waals surface area contributed by atoms with Gasteiger partial charge in [-0.1, -0.05) is 0 Å². The van der Waals surface area contributed by atoms with Crippen molar-refractivity contribution in [3.8, 4) is 0 Å².